The van der Waals surface area contributed by atoms with Crippen LogP contribution in [-0.2, 0) is 4.74 Å². The van der Waals surface area contributed by atoms with Crippen molar-refractivity contribution in [3.8, 4) is 11.1 Å². The molecule has 26 heavy (non-hydrogen) atoms. The molecule has 2 aliphatic heterocycles. The summed E-state index contributed by atoms with van der Waals surface area (Å²) in [5, 5.41) is 0. The Kier molecular flexibility index (Phi) is 4.13. The van der Waals surface area contributed by atoms with Crippen molar-refractivity contribution >= 4 is 24.7 Å². The number of amides is 1. The molecule has 0 spiro atoms. The maximum absolute atomic E-state index is 12.5. The first-order valence-corrected chi connectivity index (χ1v) is 8.40. The van der Waals surface area contributed by atoms with E-state index >= 15 is 0 Å². The summed E-state index contributed by atoms with van der Waals surface area (Å²) < 4.78 is 5.69. The van der Waals surface area contributed by atoms with Crippen LogP contribution in [0.3, 0.4) is 0 Å². The monoisotopic (exact) mass is 364 g/mol. The van der Waals surface area contributed by atoms with Gasteiger partial charge in [-0.2, -0.15) is 0 Å². The molecule has 0 N–H and O–H groups in total. The summed E-state index contributed by atoms with van der Waals surface area (Å²) in [7, 11) is 0. The molecule has 4 nitrogen and oxygen atoms in total. The number of nitrogens with zero attached hydrogens (tertiary/aromatic N) is 2. The minimum Gasteiger partial charge on any atom is -0.448 e. The molecular weight excluding hydrogens is 348 g/mol. The number of fused-ring (bicyclic) bond motifs is 4. The van der Waals surface area contributed by atoms with Crippen molar-refractivity contribution in [1.82, 2.24) is 4.90 Å². The lowest BCUT2D eigenvalue weighted by Crippen LogP contribution is -2.29. The van der Waals surface area contributed by atoms with Gasteiger partial charge in [0.25, 0.3) is 0 Å². The standard InChI is InChI=1S/C21H16N2O2.ClH/c24-21(23-12-10-19-20(23)9-11-22-19)25-13-18-16-7-3-1-5-14(16)15-6-2-4-8-17(15)18;/h1-11,18H,12-13H2;1H. The van der Waals surface area contributed by atoms with Crippen LogP contribution in [0, 0.1) is 0 Å². The summed E-state index contributed by atoms with van der Waals surface area (Å²) in [6.07, 6.45) is 5.19. The zero-order chi connectivity index (χ0) is 16.8. The minimum atomic E-state index is -0.315. The first kappa shape index (κ1) is 16.6. The molecule has 130 valence electrons. The van der Waals surface area contributed by atoms with Crippen LogP contribution in [0.15, 0.2) is 77.1 Å². The van der Waals surface area contributed by atoms with Gasteiger partial charge in [0.2, 0.25) is 0 Å². The summed E-state index contributed by atoms with van der Waals surface area (Å²) in [6.45, 7) is 0.863. The fourth-order valence-corrected chi connectivity index (χ4v) is 3.85. The Morgan fingerprint density at radius 2 is 1.73 bits per heavy atom. The SMILES string of the molecule is Cl.O=C(OCC1c2ccccc2-c2ccccc21)N1CC=C2N=CC=C21. The highest BCUT2D eigenvalue weighted by molar-refractivity contribution is 5.85. The molecular formula is C21H17ClN2O2. The quantitative estimate of drug-likeness (QED) is 0.785. The summed E-state index contributed by atoms with van der Waals surface area (Å²) in [5.41, 5.74) is 6.60. The molecule has 0 aromatic heterocycles. The van der Waals surface area contributed by atoms with Crippen LogP contribution in [0.4, 0.5) is 4.79 Å². The minimum absolute atomic E-state index is 0. The molecule has 1 amide bonds. The first-order chi connectivity index (χ1) is 12.3. The third-order valence-electron chi connectivity index (χ3n) is 5.02. The van der Waals surface area contributed by atoms with E-state index in [1.165, 1.54) is 22.3 Å². The van der Waals surface area contributed by atoms with E-state index in [4.69, 9.17) is 4.74 Å². The molecule has 3 aliphatic rings. The molecule has 0 fully saturated rings. The lowest BCUT2D eigenvalue weighted by Gasteiger charge is -2.20. The van der Waals surface area contributed by atoms with Crippen molar-refractivity contribution in [3.63, 3.8) is 0 Å². The maximum atomic E-state index is 12.5. The summed E-state index contributed by atoms with van der Waals surface area (Å²) in [4.78, 5) is 18.4. The number of hydrogen-bond acceptors (Lipinski definition) is 3. The van der Waals surface area contributed by atoms with E-state index in [0.717, 1.165) is 11.4 Å². The lowest BCUT2D eigenvalue weighted by molar-refractivity contribution is 0.116. The molecule has 5 rings (SSSR count). The highest BCUT2D eigenvalue weighted by atomic mass is 35.5. The Balaban J connectivity index is 0.00000168. The van der Waals surface area contributed by atoms with Gasteiger partial charge < -0.3 is 4.74 Å². The van der Waals surface area contributed by atoms with Gasteiger partial charge in [-0.15, -0.1) is 12.4 Å². The fourth-order valence-electron chi connectivity index (χ4n) is 3.85. The van der Waals surface area contributed by atoms with Crippen LogP contribution in [0.25, 0.3) is 11.1 Å². The molecule has 0 saturated carbocycles. The first-order valence-electron chi connectivity index (χ1n) is 8.40. The van der Waals surface area contributed by atoms with E-state index in [1.807, 2.05) is 36.4 Å². The number of rotatable bonds is 2. The Labute approximate surface area is 157 Å². The van der Waals surface area contributed by atoms with Crippen molar-refractivity contribution < 1.29 is 9.53 Å². The van der Waals surface area contributed by atoms with Crippen molar-refractivity contribution in [1.29, 1.82) is 0 Å². The van der Waals surface area contributed by atoms with Gasteiger partial charge in [-0.3, -0.25) is 9.89 Å². The Hall–Kier alpha value is -2.85. The van der Waals surface area contributed by atoms with Crippen molar-refractivity contribution in [2.24, 2.45) is 4.99 Å². The lowest BCUT2D eigenvalue weighted by atomic mass is 9.98. The summed E-state index contributed by atoms with van der Waals surface area (Å²) >= 11 is 0. The average Bonchev–Trinajstić information content (AvgIpc) is 3.33. The number of benzene rings is 2. The topological polar surface area (TPSA) is 41.9 Å². The van der Waals surface area contributed by atoms with Gasteiger partial charge in [0.1, 0.15) is 6.61 Å². The molecule has 2 heterocycles. The Bertz CT molecular complexity index is 932. The number of aliphatic imine (C=N–C) groups is 1. The summed E-state index contributed by atoms with van der Waals surface area (Å²) in [5.74, 6) is 0.0835. The third kappa shape index (κ3) is 2.45. The third-order valence-corrected chi connectivity index (χ3v) is 5.02. The maximum Gasteiger partial charge on any atom is 0.414 e. The van der Waals surface area contributed by atoms with Crippen molar-refractivity contribution in [2.75, 3.05) is 13.2 Å². The van der Waals surface area contributed by atoms with Gasteiger partial charge >= 0.3 is 6.09 Å². The highest BCUT2D eigenvalue weighted by Crippen LogP contribution is 2.44. The van der Waals surface area contributed by atoms with Crippen molar-refractivity contribution in [2.45, 2.75) is 5.92 Å². The molecule has 2 aromatic rings. The van der Waals surface area contributed by atoms with Gasteiger partial charge in [0.05, 0.1) is 11.4 Å². The van der Waals surface area contributed by atoms with E-state index in [-0.39, 0.29) is 24.4 Å². The second-order valence-corrected chi connectivity index (χ2v) is 6.33. The number of hydrogen-bond donors (Lipinski definition) is 0. The van der Waals surface area contributed by atoms with Gasteiger partial charge in [-0.05, 0) is 34.4 Å². The van der Waals surface area contributed by atoms with E-state index in [2.05, 4.69) is 29.3 Å². The van der Waals surface area contributed by atoms with E-state index in [9.17, 15) is 4.79 Å². The smallest absolute Gasteiger partial charge is 0.414 e. The van der Waals surface area contributed by atoms with Crippen LogP contribution in [-0.4, -0.2) is 30.4 Å². The van der Waals surface area contributed by atoms with E-state index < -0.39 is 0 Å². The fraction of sp³-hybridized carbons (Fsp3) is 0.143. The number of ether oxygens (including phenoxy) is 1. The number of carbonyl (C=O) groups is 1. The van der Waals surface area contributed by atoms with E-state index in [1.54, 1.807) is 11.1 Å². The molecule has 0 radical (unpaired) electrons. The zero-order valence-corrected chi connectivity index (χ0v) is 14.8. The molecule has 0 atom stereocenters. The normalized spacial score (nSPS) is 16.4. The van der Waals surface area contributed by atoms with Crippen LogP contribution < -0.4 is 0 Å². The predicted octanol–water partition coefficient (Wildman–Crippen LogP) is 4.53. The largest absolute Gasteiger partial charge is 0.448 e. The summed E-state index contributed by atoms with van der Waals surface area (Å²) in [6, 6.07) is 16.7. The molecule has 1 aliphatic carbocycles. The van der Waals surface area contributed by atoms with Gasteiger partial charge in [-0.25, -0.2) is 4.79 Å². The second kappa shape index (κ2) is 6.46. The van der Waals surface area contributed by atoms with Gasteiger partial charge in [0.15, 0.2) is 0 Å². The second-order valence-electron chi connectivity index (χ2n) is 6.33. The Morgan fingerprint density at radius 1 is 1.08 bits per heavy atom. The number of allylic oxidation sites excluding steroid dienone is 1. The van der Waals surface area contributed by atoms with Gasteiger partial charge in [0, 0.05) is 18.7 Å². The zero-order valence-electron chi connectivity index (χ0n) is 14.0. The molecule has 0 saturated heterocycles. The number of halogens is 1. The highest BCUT2D eigenvalue weighted by Gasteiger charge is 2.32. The molecule has 0 unspecified atom stereocenters. The van der Waals surface area contributed by atoms with Crippen LogP contribution >= 0.6 is 12.4 Å². The van der Waals surface area contributed by atoms with E-state index in [0.29, 0.717) is 13.2 Å². The van der Waals surface area contributed by atoms with Crippen LogP contribution in [0.5, 0.6) is 0 Å². The molecule has 5 heteroatoms. The van der Waals surface area contributed by atoms with Crippen LogP contribution in [0.1, 0.15) is 17.0 Å². The Morgan fingerprint density at radius 3 is 2.42 bits per heavy atom. The van der Waals surface area contributed by atoms with Crippen molar-refractivity contribution in [3.05, 3.63) is 83.2 Å². The van der Waals surface area contributed by atoms with Gasteiger partial charge in [-0.1, -0.05) is 48.5 Å². The predicted molar refractivity (Wildman–Crippen MR) is 104 cm³/mol. The average molecular weight is 365 g/mol. The van der Waals surface area contributed by atoms with Crippen LogP contribution in [0.2, 0.25) is 0 Å². The molecule has 0 bridgehead atoms. The molecule has 2 aromatic carbocycles. The number of carbonyl (C=O) groups excluding carboxylic acids is 1.